The standard InChI is InChI=1S/C20H24N2O2/c1-3-24-19-9-7-18(8-10-19)21-11-13-22(14-12-21)20(23)17-6-4-5-16(2)15-17/h4-10,15H,3,11-14H2,1-2H3. The Bertz CT molecular complexity index is 689. The first-order valence-corrected chi connectivity index (χ1v) is 8.51. The zero-order valence-corrected chi connectivity index (χ0v) is 14.4. The number of aryl methyl sites for hydroxylation is 1. The molecule has 1 saturated heterocycles. The van der Waals surface area contributed by atoms with Gasteiger partial charge >= 0.3 is 0 Å². The smallest absolute Gasteiger partial charge is 0.253 e. The summed E-state index contributed by atoms with van der Waals surface area (Å²) in [6, 6.07) is 16.0. The van der Waals surface area contributed by atoms with Gasteiger partial charge in [0.25, 0.3) is 5.91 Å². The summed E-state index contributed by atoms with van der Waals surface area (Å²) < 4.78 is 5.48. The average Bonchev–Trinajstić information content (AvgIpc) is 2.62. The van der Waals surface area contributed by atoms with Gasteiger partial charge in [0.2, 0.25) is 0 Å². The largest absolute Gasteiger partial charge is 0.494 e. The summed E-state index contributed by atoms with van der Waals surface area (Å²) >= 11 is 0. The van der Waals surface area contributed by atoms with Gasteiger partial charge in [-0.2, -0.15) is 0 Å². The van der Waals surface area contributed by atoms with Gasteiger partial charge in [-0.05, 0) is 50.2 Å². The molecule has 1 heterocycles. The van der Waals surface area contributed by atoms with Gasteiger partial charge in [0.05, 0.1) is 6.61 Å². The molecule has 4 nitrogen and oxygen atoms in total. The van der Waals surface area contributed by atoms with Gasteiger partial charge < -0.3 is 14.5 Å². The molecular weight excluding hydrogens is 300 g/mol. The van der Waals surface area contributed by atoms with E-state index in [4.69, 9.17) is 4.74 Å². The number of benzene rings is 2. The quantitative estimate of drug-likeness (QED) is 0.864. The van der Waals surface area contributed by atoms with E-state index in [0.29, 0.717) is 6.61 Å². The summed E-state index contributed by atoms with van der Waals surface area (Å²) in [5, 5.41) is 0. The molecule has 2 aromatic carbocycles. The highest BCUT2D eigenvalue weighted by atomic mass is 16.5. The molecule has 4 heteroatoms. The Hall–Kier alpha value is -2.49. The number of nitrogens with zero attached hydrogens (tertiary/aromatic N) is 2. The third kappa shape index (κ3) is 3.70. The van der Waals surface area contributed by atoms with E-state index >= 15 is 0 Å². The normalized spacial score (nSPS) is 14.6. The number of rotatable bonds is 4. The van der Waals surface area contributed by atoms with Crippen molar-refractivity contribution in [3.63, 3.8) is 0 Å². The lowest BCUT2D eigenvalue weighted by Crippen LogP contribution is -2.48. The maximum Gasteiger partial charge on any atom is 0.253 e. The molecule has 1 aliphatic rings. The minimum atomic E-state index is 0.130. The summed E-state index contributed by atoms with van der Waals surface area (Å²) in [5.41, 5.74) is 3.08. The molecule has 0 atom stereocenters. The van der Waals surface area contributed by atoms with E-state index < -0.39 is 0 Å². The van der Waals surface area contributed by atoms with Crippen LogP contribution in [0.1, 0.15) is 22.8 Å². The van der Waals surface area contributed by atoms with Crippen molar-refractivity contribution in [3.05, 3.63) is 59.7 Å². The second-order valence-electron chi connectivity index (χ2n) is 6.08. The highest BCUT2D eigenvalue weighted by Gasteiger charge is 2.22. The van der Waals surface area contributed by atoms with Crippen LogP contribution in [-0.2, 0) is 0 Å². The minimum absolute atomic E-state index is 0.130. The Labute approximate surface area is 143 Å². The second-order valence-corrected chi connectivity index (χ2v) is 6.08. The van der Waals surface area contributed by atoms with E-state index in [1.165, 1.54) is 5.69 Å². The molecule has 0 aliphatic carbocycles. The Morgan fingerprint density at radius 1 is 1.04 bits per heavy atom. The molecule has 24 heavy (non-hydrogen) atoms. The fourth-order valence-electron chi connectivity index (χ4n) is 3.05. The summed E-state index contributed by atoms with van der Waals surface area (Å²) in [6.45, 7) is 7.88. The molecule has 0 N–H and O–H groups in total. The lowest BCUT2D eigenvalue weighted by molar-refractivity contribution is 0.0746. The van der Waals surface area contributed by atoms with Crippen molar-refractivity contribution < 1.29 is 9.53 Å². The number of carbonyl (C=O) groups excluding carboxylic acids is 1. The van der Waals surface area contributed by atoms with Crippen LogP contribution in [-0.4, -0.2) is 43.6 Å². The summed E-state index contributed by atoms with van der Waals surface area (Å²) in [5.74, 6) is 1.03. The number of hydrogen-bond donors (Lipinski definition) is 0. The molecule has 0 bridgehead atoms. The van der Waals surface area contributed by atoms with Crippen LogP contribution in [0.3, 0.4) is 0 Å². The Morgan fingerprint density at radius 3 is 2.38 bits per heavy atom. The molecular formula is C20H24N2O2. The van der Waals surface area contributed by atoms with Gasteiger partial charge in [-0.25, -0.2) is 0 Å². The number of amides is 1. The molecule has 0 spiro atoms. The first-order chi connectivity index (χ1) is 11.7. The van der Waals surface area contributed by atoms with Crippen LogP contribution in [0, 0.1) is 6.92 Å². The van der Waals surface area contributed by atoms with Gasteiger partial charge in [-0.3, -0.25) is 4.79 Å². The SMILES string of the molecule is CCOc1ccc(N2CCN(C(=O)c3cccc(C)c3)CC2)cc1. The van der Waals surface area contributed by atoms with Crippen molar-refractivity contribution in [2.75, 3.05) is 37.7 Å². The van der Waals surface area contributed by atoms with Crippen LogP contribution < -0.4 is 9.64 Å². The number of anilines is 1. The molecule has 126 valence electrons. The highest BCUT2D eigenvalue weighted by Crippen LogP contribution is 2.21. The fraction of sp³-hybridized carbons (Fsp3) is 0.350. The second kappa shape index (κ2) is 7.39. The topological polar surface area (TPSA) is 32.8 Å². The van der Waals surface area contributed by atoms with E-state index in [1.54, 1.807) is 0 Å². The molecule has 2 aromatic rings. The van der Waals surface area contributed by atoms with E-state index in [2.05, 4.69) is 17.0 Å². The number of ether oxygens (including phenoxy) is 1. The average molecular weight is 324 g/mol. The van der Waals surface area contributed by atoms with Gasteiger partial charge in [-0.15, -0.1) is 0 Å². The summed E-state index contributed by atoms with van der Waals surface area (Å²) in [4.78, 5) is 16.9. The summed E-state index contributed by atoms with van der Waals surface area (Å²) in [6.07, 6.45) is 0. The van der Waals surface area contributed by atoms with E-state index in [0.717, 1.165) is 43.1 Å². The maximum atomic E-state index is 12.6. The fourth-order valence-corrected chi connectivity index (χ4v) is 3.05. The van der Waals surface area contributed by atoms with Crippen molar-refractivity contribution in [1.82, 2.24) is 4.90 Å². The van der Waals surface area contributed by atoms with Gasteiger partial charge in [-0.1, -0.05) is 17.7 Å². The zero-order chi connectivity index (χ0) is 16.9. The molecule has 0 aromatic heterocycles. The molecule has 0 unspecified atom stereocenters. The first-order valence-electron chi connectivity index (χ1n) is 8.51. The number of piperazine rings is 1. The monoisotopic (exact) mass is 324 g/mol. The van der Waals surface area contributed by atoms with Crippen molar-refractivity contribution in [2.45, 2.75) is 13.8 Å². The number of carbonyl (C=O) groups is 1. The summed E-state index contributed by atoms with van der Waals surface area (Å²) in [7, 11) is 0. The Kier molecular flexibility index (Phi) is 5.04. The predicted molar refractivity (Wildman–Crippen MR) is 96.9 cm³/mol. The van der Waals surface area contributed by atoms with Crippen LogP contribution in [0.25, 0.3) is 0 Å². The first kappa shape index (κ1) is 16.4. The van der Waals surface area contributed by atoms with Crippen molar-refractivity contribution in [1.29, 1.82) is 0 Å². The highest BCUT2D eigenvalue weighted by molar-refractivity contribution is 5.94. The zero-order valence-electron chi connectivity index (χ0n) is 14.4. The van der Waals surface area contributed by atoms with E-state index in [9.17, 15) is 4.79 Å². The maximum absolute atomic E-state index is 12.6. The van der Waals surface area contributed by atoms with Crippen molar-refractivity contribution in [2.24, 2.45) is 0 Å². The Morgan fingerprint density at radius 2 is 1.75 bits per heavy atom. The number of hydrogen-bond acceptors (Lipinski definition) is 3. The lowest BCUT2D eigenvalue weighted by Gasteiger charge is -2.36. The van der Waals surface area contributed by atoms with Crippen LogP contribution in [0.5, 0.6) is 5.75 Å². The Balaban J connectivity index is 1.60. The predicted octanol–water partition coefficient (Wildman–Crippen LogP) is 3.36. The minimum Gasteiger partial charge on any atom is -0.494 e. The third-order valence-electron chi connectivity index (χ3n) is 4.34. The van der Waals surface area contributed by atoms with Crippen LogP contribution in [0.15, 0.2) is 48.5 Å². The van der Waals surface area contributed by atoms with Crippen LogP contribution in [0.2, 0.25) is 0 Å². The van der Waals surface area contributed by atoms with Gasteiger partial charge in [0.15, 0.2) is 0 Å². The van der Waals surface area contributed by atoms with Crippen molar-refractivity contribution >= 4 is 11.6 Å². The molecule has 0 saturated carbocycles. The van der Waals surface area contributed by atoms with Crippen LogP contribution in [0.4, 0.5) is 5.69 Å². The molecule has 1 fully saturated rings. The lowest BCUT2D eigenvalue weighted by atomic mass is 10.1. The molecule has 3 rings (SSSR count). The van der Waals surface area contributed by atoms with Crippen molar-refractivity contribution in [3.8, 4) is 5.75 Å². The van der Waals surface area contributed by atoms with E-state index in [-0.39, 0.29) is 5.91 Å². The molecule has 0 radical (unpaired) electrons. The van der Waals surface area contributed by atoms with Crippen LogP contribution >= 0.6 is 0 Å². The van der Waals surface area contributed by atoms with Gasteiger partial charge in [0, 0.05) is 37.4 Å². The molecule has 1 aliphatic heterocycles. The van der Waals surface area contributed by atoms with Gasteiger partial charge in [0.1, 0.15) is 5.75 Å². The third-order valence-corrected chi connectivity index (χ3v) is 4.34. The van der Waals surface area contributed by atoms with E-state index in [1.807, 2.05) is 55.1 Å². The molecule has 1 amide bonds.